The maximum atomic E-state index is 11.5. The van der Waals surface area contributed by atoms with E-state index in [2.05, 4.69) is 21.2 Å². The minimum Gasteiger partial charge on any atom is -0.444 e. The Morgan fingerprint density at radius 1 is 1.41 bits per heavy atom. The van der Waals surface area contributed by atoms with Crippen molar-refractivity contribution in [2.75, 3.05) is 5.32 Å². The van der Waals surface area contributed by atoms with Crippen molar-refractivity contribution in [1.82, 2.24) is 0 Å². The predicted octanol–water partition coefficient (Wildman–Crippen LogP) is 4.76. The molecule has 5 heteroatoms. The van der Waals surface area contributed by atoms with Gasteiger partial charge in [-0.05, 0) is 61.3 Å². The Morgan fingerprint density at radius 2 is 2.00 bits per heavy atom. The Balaban J connectivity index is 2.79. The van der Waals surface area contributed by atoms with Crippen molar-refractivity contribution in [2.24, 2.45) is 0 Å². The number of carbonyl (C=O) groups excluding carboxylic acids is 1. The zero-order valence-corrected chi connectivity index (χ0v) is 12.6. The average Bonchev–Trinajstić information content (AvgIpc) is 2.10. The molecule has 17 heavy (non-hydrogen) atoms. The Morgan fingerprint density at radius 3 is 2.47 bits per heavy atom. The Bertz CT molecular complexity index is 418. The zero-order chi connectivity index (χ0) is 13.2. The van der Waals surface area contributed by atoms with E-state index in [1.807, 2.05) is 33.8 Å². The summed E-state index contributed by atoms with van der Waals surface area (Å²) < 4.78 is 5.97. The Labute approximate surface area is 115 Å². The number of carbonyl (C=O) groups is 1. The highest BCUT2D eigenvalue weighted by Crippen LogP contribution is 2.29. The number of benzene rings is 1. The number of anilines is 1. The first-order valence-corrected chi connectivity index (χ1v) is 6.32. The Hall–Kier alpha value is -0.740. The number of nitrogens with one attached hydrogen (secondary N) is 1. The molecule has 0 aliphatic rings. The molecule has 0 aliphatic carbocycles. The molecule has 0 saturated carbocycles. The highest BCUT2D eigenvalue weighted by Gasteiger charge is 2.16. The van der Waals surface area contributed by atoms with Crippen LogP contribution in [-0.4, -0.2) is 11.7 Å². The van der Waals surface area contributed by atoms with Gasteiger partial charge in [0.25, 0.3) is 0 Å². The summed E-state index contributed by atoms with van der Waals surface area (Å²) in [5.41, 5.74) is 1.05. The number of ether oxygens (including phenoxy) is 1. The second-order valence-corrected chi connectivity index (χ2v) is 5.92. The largest absolute Gasteiger partial charge is 0.444 e. The third kappa shape index (κ3) is 4.56. The molecule has 0 heterocycles. The molecule has 0 fully saturated rings. The summed E-state index contributed by atoms with van der Waals surface area (Å²) in [6, 6.07) is 3.49. The van der Waals surface area contributed by atoms with Crippen LogP contribution in [0.2, 0.25) is 5.02 Å². The summed E-state index contributed by atoms with van der Waals surface area (Å²) in [5, 5.41) is 3.19. The molecule has 1 amide bonds. The van der Waals surface area contributed by atoms with Crippen LogP contribution in [0.3, 0.4) is 0 Å². The van der Waals surface area contributed by atoms with E-state index in [-0.39, 0.29) is 0 Å². The third-order valence-electron chi connectivity index (χ3n) is 1.86. The van der Waals surface area contributed by atoms with Gasteiger partial charge < -0.3 is 4.74 Å². The second-order valence-electron chi connectivity index (χ2n) is 4.72. The molecule has 0 aliphatic heterocycles. The number of rotatable bonds is 1. The summed E-state index contributed by atoms with van der Waals surface area (Å²) in [5.74, 6) is 0. The second kappa shape index (κ2) is 5.27. The summed E-state index contributed by atoms with van der Waals surface area (Å²) >= 11 is 9.35. The van der Waals surface area contributed by atoms with Crippen molar-refractivity contribution < 1.29 is 9.53 Å². The SMILES string of the molecule is Cc1cc(NC(=O)OC(C)(C)C)cc(Cl)c1Br. The first kappa shape index (κ1) is 14.3. The lowest BCUT2D eigenvalue weighted by molar-refractivity contribution is 0.0636. The molecule has 0 spiro atoms. The van der Waals surface area contributed by atoms with E-state index in [1.54, 1.807) is 6.07 Å². The summed E-state index contributed by atoms with van der Waals surface area (Å²) in [6.45, 7) is 7.33. The number of hydrogen-bond acceptors (Lipinski definition) is 2. The molecule has 0 bridgehead atoms. The van der Waals surface area contributed by atoms with Crippen molar-refractivity contribution >= 4 is 39.3 Å². The van der Waals surface area contributed by atoms with Gasteiger partial charge in [0.15, 0.2) is 0 Å². The van der Waals surface area contributed by atoms with Crippen LogP contribution in [0.1, 0.15) is 26.3 Å². The van der Waals surface area contributed by atoms with Gasteiger partial charge in [0.05, 0.1) is 5.02 Å². The lowest BCUT2D eigenvalue weighted by Crippen LogP contribution is -2.27. The van der Waals surface area contributed by atoms with Gasteiger partial charge in [0.1, 0.15) is 5.60 Å². The maximum absolute atomic E-state index is 11.5. The van der Waals surface area contributed by atoms with Crippen LogP contribution >= 0.6 is 27.5 Å². The highest BCUT2D eigenvalue weighted by atomic mass is 79.9. The van der Waals surface area contributed by atoms with Crippen LogP contribution in [0.15, 0.2) is 16.6 Å². The highest BCUT2D eigenvalue weighted by molar-refractivity contribution is 9.10. The van der Waals surface area contributed by atoms with Crippen molar-refractivity contribution in [3.05, 3.63) is 27.2 Å². The van der Waals surface area contributed by atoms with Crippen LogP contribution < -0.4 is 5.32 Å². The van der Waals surface area contributed by atoms with Crippen LogP contribution in [0, 0.1) is 6.92 Å². The first-order chi connectivity index (χ1) is 7.69. The fourth-order valence-corrected chi connectivity index (χ4v) is 1.72. The molecule has 1 rings (SSSR count). The van der Waals surface area contributed by atoms with Gasteiger partial charge in [-0.1, -0.05) is 11.6 Å². The van der Waals surface area contributed by atoms with E-state index < -0.39 is 11.7 Å². The molecule has 0 aromatic heterocycles. The number of halogens is 2. The van der Waals surface area contributed by atoms with Crippen molar-refractivity contribution in [1.29, 1.82) is 0 Å². The third-order valence-corrected chi connectivity index (χ3v) is 3.43. The van der Waals surface area contributed by atoms with E-state index in [4.69, 9.17) is 16.3 Å². The van der Waals surface area contributed by atoms with Gasteiger partial charge in [0, 0.05) is 10.2 Å². The van der Waals surface area contributed by atoms with E-state index in [1.165, 1.54) is 0 Å². The van der Waals surface area contributed by atoms with Crippen LogP contribution in [-0.2, 0) is 4.74 Å². The lowest BCUT2D eigenvalue weighted by Gasteiger charge is -2.20. The molecule has 0 atom stereocenters. The minimum absolute atomic E-state index is 0.490. The molecule has 0 saturated heterocycles. The van der Waals surface area contributed by atoms with Gasteiger partial charge in [-0.2, -0.15) is 0 Å². The van der Waals surface area contributed by atoms with E-state index in [0.717, 1.165) is 10.0 Å². The predicted molar refractivity (Wildman–Crippen MR) is 73.7 cm³/mol. The average molecular weight is 321 g/mol. The monoisotopic (exact) mass is 319 g/mol. The number of hydrogen-bond donors (Lipinski definition) is 1. The minimum atomic E-state index is -0.516. The standard InChI is InChI=1S/C12H15BrClNO2/c1-7-5-8(6-9(14)10(7)13)15-11(16)17-12(2,3)4/h5-6H,1-4H3,(H,15,16). The zero-order valence-electron chi connectivity index (χ0n) is 10.2. The lowest BCUT2D eigenvalue weighted by atomic mass is 10.2. The topological polar surface area (TPSA) is 38.3 Å². The Kier molecular flexibility index (Phi) is 4.44. The summed E-state index contributed by atoms with van der Waals surface area (Å²) in [7, 11) is 0. The van der Waals surface area contributed by atoms with E-state index >= 15 is 0 Å². The van der Waals surface area contributed by atoms with Gasteiger partial charge in [0.2, 0.25) is 0 Å². The van der Waals surface area contributed by atoms with Crippen LogP contribution in [0.5, 0.6) is 0 Å². The molecule has 0 unspecified atom stereocenters. The first-order valence-electron chi connectivity index (χ1n) is 5.15. The van der Waals surface area contributed by atoms with Crippen LogP contribution in [0.4, 0.5) is 10.5 Å². The van der Waals surface area contributed by atoms with Gasteiger partial charge in [-0.15, -0.1) is 0 Å². The molecule has 1 aromatic rings. The normalized spacial score (nSPS) is 11.2. The molecule has 3 nitrogen and oxygen atoms in total. The molecule has 0 radical (unpaired) electrons. The quantitative estimate of drug-likeness (QED) is 0.810. The van der Waals surface area contributed by atoms with E-state index in [0.29, 0.717) is 10.7 Å². The molecule has 94 valence electrons. The van der Waals surface area contributed by atoms with E-state index in [9.17, 15) is 4.79 Å². The van der Waals surface area contributed by atoms with Crippen LogP contribution in [0.25, 0.3) is 0 Å². The summed E-state index contributed by atoms with van der Waals surface area (Å²) in [4.78, 5) is 11.5. The van der Waals surface area contributed by atoms with Gasteiger partial charge in [-0.25, -0.2) is 4.79 Å². The fourth-order valence-electron chi connectivity index (χ4n) is 1.22. The maximum Gasteiger partial charge on any atom is 0.412 e. The number of aryl methyl sites for hydroxylation is 1. The molecular formula is C12H15BrClNO2. The molecular weight excluding hydrogens is 305 g/mol. The fraction of sp³-hybridized carbons (Fsp3) is 0.417. The smallest absolute Gasteiger partial charge is 0.412 e. The van der Waals surface area contributed by atoms with Crippen molar-refractivity contribution in [2.45, 2.75) is 33.3 Å². The van der Waals surface area contributed by atoms with Crippen molar-refractivity contribution in [3.63, 3.8) is 0 Å². The van der Waals surface area contributed by atoms with Gasteiger partial charge in [-0.3, -0.25) is 5.32 Å². The number of amides is 1. The molecule has 1 aromatic carbocycles. The summed E-state index contributed by atoms with van der Waals surface area (Å²) in [6.07, 6.45) is -0.490. The van der Waals surface area contributed by atoms with Gasteiger partial charge >= 0.3 is 6.09 Å². The molecule has 1 N–H and O–H groups in total. The van der Waals surface area contributed by atoms with Crippen molar-refractivity contribution in [3.8, 4) is 0 Å².